The normalized spacial score (nSPS) is 44.2. The van der Waals surface area contributed by atoms with Crippen molar-refractivity contribution in [1.29, 1.82) is 0 Å². The minimum atomic E-state index is -0.936. The molecule has 0 radical (unpaired) electrons. The van der Waals surface area contributed by atoms with E-state index in [9.17, 15) is 9.90 Å². The van der Waals surface area contributed by atoms with Gasteiger partial charge >= 0.3 is 0 Å². The van der Waals surface area contributed by atoms with Crippen LogP contribution in [0.2, 0.25) is 0 Å². The number of rotatable bonds is 3. The molecule has 4 N–H and O–H groups in total. The van der Waals surface area contributed by atoms with Crippen LogP contribution in [0.1, 0.15) is 39.5 Å². The molecule has 0 bridgehead atoms. The van der Waals surface area contributed by atoms with Gasteiger partial charge in [-0.15, -0.1) is 0 Å². The van der Waals surface area contributed by atoms with Crippen LogP contribution in [0.25, 0.3) is 0 Å². The highest BCUT2D eigenvalue weighted by atomic mass is 16.5. The summed E-state index contributed by atoms with van der Waals surface area (Å²) in [6.07, 6.45) is 3.05. The summed E-state index contributed by atoms with van der Waals surface area (Å²) in [5.74, 6) is -0.0416. The average Bonchev–Trinajstić information content (AvgIpc) is 2.83. The van der Waals surface area contributed by atoms with Crippen molar-refractivity contribution < 1.29 is 14.6 Å². The van der Waals surface area contributed by atoms with Crippen molar-refractivity contribution in [3.63, 3.8) is 0 Å². The minimum absolute atomic E-state index is 0.0416. The third kappa shape index (κ3) is 2.27. The van der Waals surface area contributed by atoms with E-state index in [0.29, 0.717) is 13.0 Å². The van der Waals surface area contributed by atoms with E-state index in [4.69, 9.17) is 10.5 Å². The molecule has 1 saturated heterocycles. The van der Waals surface area contributed by atoms with Gasteiger partial charge in [-0.3, -0.25) is 4.79 Å². The van der Waals surface area contributed by atoms with E-state index in [0.717, 1.165) is 19.3 Å². The summed E-state index contributed by atoms with van der Waals surface area (Å²) in [7, 11) is 0. The van der Waals surface area contributed by atoms with E-state index in [1.807, 2.05) is 13.8 Å². The summed E-state index contributed by atoms with van der Waals surface area (Å²) in [5, 5.41) is 13.2. The summed E-state index contributed by atoms with van der Waals surface area (Å²) in [6, 6.07) is -0.0793. The quantitative estimate of drug-likeness (QED) is 0.671. The maximum absolute atomic E-state index is 12.2. The second kappa shape index (κ2) is 4.79. The molecule has 1 aliphatic carbocycles. The van der Waals surface area contributed by atoms with Gasteiger partial charge in [-0.25, -0.2) is 0 Å². The Morgan fingerprint density at radius 3 is 2.78 bits per heavy atom. The first kappa shape index (κ1) is 13.8. The lowest BCUT2D eigenvalue weighted by molar-refractivity contribution is -0.132. The van der Waals surface area contributed by atoms with Gasteiger partial charge in [0, 0.05) is 25.6 Å². The Hall–Kier alpha value is -0.650. The average molecular weight is 256 g/mol. The molecular weight excluding hydrogens is 232 g/mol. The third-order valence-electron chi connectivity index (χ3n) is 4.76. The fourth-order valence-electron chi connectivity index (χ4n) is 2.91. The smallest absolute Gasteiger partial charge is 0.227 e. The molecule has 5 heteroatoms. The highest BCUT2D eigenvalue weighted by Crippen LogP contribution is 2.37. The van der Waals surface area contributed by atoms with Crippen LogP contribution in [0, 0.1) is 5.41 Å². The number of hydrogen-bond donors (Lipinski definition) is 3. The minimum Gasteiger partial charge on any atom is -0.385 e. The SMILES string of the molecule is CC1OCCC1(O)CNC(=O)C1(C)CCCC1N. The van der Waals surface area contributed by atoms with Crippen LogP contribution in [0.4, 0.5) is 0 Å². The van der Waals surface area contributed by atoms with Crippen LogP contribution in [-0.4, -0.2) is 41.9 Å². The number of carbonyl (C=O) groups is 1. The maximum atomic E-state index is 12.2. The van der Waals surface area contributed by atoms with Crippen molar-refractivity contribution in [3.05, 3.63) is 0 Å². The molecule has 104 valence electrons. The first-order chi connectivity index (χ1) is 8.38. The number of carbonyl (C=O) groups excluding carboxylic acids is 1. The molecule has 1 heterocycles. The second-order valence-electron chi connectivity index (χ2n) is 5.97. The first-order valence-electron chi connectivity index (χ1n) is 6.76. The molecule has 18 heavy (non-hydrogen) atoms. The van der Waals surface area contributed by atoms with Crippen LogP contribution in [0.3, 0.4) is 0 Å². The van der Waals surface area contributed by atoms with E-state index in [1.54, 1.807) is 0 Å². The van der Waals surface area contributed by atoms with E-state index in [2.05, 4.69) is 5.32 Å². The highest BCUT2D eigenvalue weighted by Gasteiger charge is 2.45. The Morgan fingerprint density at radius 1 is 1.56 bits per heavy atom. The zero-order valence-electron chi connectivity index (χ0n) is 11.2. The Morgan fingerprint density at radius 2 is 2.28 bits per heavy atom. The van der Waals surface area contributed by atoms with Crippen molar-refractivity contribution in [2.24, 2.45) is 11.1 Å². The third-order valence-corrected chi connectivity index (χ3v) is 4.76. The second-order valence-corrected chi connectivity index (χ2v) is 5.97. The number of ether oxygens (including phenoxy) is 1. The predicted molar refractivity (Wildman–Crippen MR) is 67.9 cm³/mol. The topological polar surface area (TPSA) is 84.6 Å². The van der Waals surface area contributed by atoms with Crippen LogP contribution in [0.15, 0.2) is 0 Å². The van der Waals surface area contributed by atoms with E-state index in [1.165, 1.54) is 0 Å². The lowest BCUT2D eigenvalue weighted by Gasteiger charge is -2.31. The van der Waals surface area contributed by atoms with E-state index in [-0.39, 0.29) is 24.6 Å². The molecule has 1 saturated carbocycles. The Labute approximate surface area is 108 Å². The Balaban J connectivity index is 1.92. The van der Waals surface area contributed by atoms with E-state index >= 15 is 0 Å². The Bertz CT molecular complexity index is 336. The van der Waals surface area contributed by atoms with Crippen LogP contribution in [0.5, 0.6) is 0 Å². The molecule has 0 aromatic rings. The number of amides is 1. The summed E-state index contributed by atoms with van der Waals surface area (Å²) in [5.41, 5.74) is 4.59. The van der Waals surface area contributed by atoms with Gasteiger partial charge in [0.2, 0.25) is 5.91 Å². The van der Waals surface area contributed by atoms with Gasteiger partial charge in [-0.1, -0.05) is 6.42 Å². The van der Waals surface area contributed by atoms with Gasteiger partial charge in [0.05, 0.1) is 11.5 Å². The lowest BCUT2D eigenvalue weighted by Crippen LogP contribution is -2.53. The predicted octanol–water partition coefficient (Wildman–Crippen LogP) is 0.160. The molecule has 5 nitrogen and oxygen atoms in total. The molecule has 1 aliphatic heterocycles. The van der Waals surface area contributed by atoms with Crippen molar-refractivity contribution in [1.82, 2.24) is 5.32 Å². The molecule has 0 aromatic carbocycles. The summed E-state index contributed by atoms with van der Waals surface area (Å²) < 4.78 is 5.35. The van der Waals surface area contributed by atoms with Gasteiger partial charge in [-0.2, -0.15) is 0 Å². The summed E-state index contributed by atoms with van der Waals surface area (Å²) in [4.78, 5) is 12.2. The molecule has 0 spiro atoms. The van der Waals surface area contributed by atoms with Crippen molar-refractivity contribution in [2.45, 2.75) is 57.3 Å². The molecule has 2 fully saturated rings. The van der Waals surface area contributed by atoms with Gasteiger partial charge in [0.15, 0.2) is 0 Å². The Kier molecular flexibility index (Phi) is 3.67. The number of hydrogen-bond acceptors (Lipinski definition) is 4. The van der Waals surface area contributed by atoms with Crippen LogP contribution in [-0.2, 0) is 9.53 Å². The zero-order chi connectivity index (χ0) is 13.4. The highest BCUT2D eigenvalue weighted by molar-refractivity contribution is 5.83. The fourth-order valence-corrected chi connectivity index (χ4v) is 2.91. The van der Waals surface area contributed by atoms with E-state index < -0.39 is 11.0 Å². The number of nitrogens with one attached hydrogen (secondary N) is 1. The van der Waals surface area contributed by atoms with Gasteiger partial charge in [-0.05, 0) is 26.7 Å². The molecule has 2 rings (SSSR count). The van der Waals surface area contributed by atoms with Gasteiger partial charge in [0.25, 0.3) is 0 Å². The summed E-state index contributed by atoms with van der Waals surface area (Å²) in [6.45, 7) is 4.54. The first-order valence-corrected chi connectivity index (χ1v) is 6.76. The van der Waals surface area contributed by atoms with Gasteiger partial charge < -0.3 is 20.9 Å². The number of aliphatic hydroxyl groups is 1. The number of nitrogens with two attached hydrogens (primary N) is 1. The summed E-state index contributed by atoms with van der Waals surface area (Å²) >= 11 is 0. The fraction of sp³-hybridized carbons (Fsp3) is 0.923. The van der Waals surface area contributed by atoms with Crippen molar-refractivity contribution in [2.75, 3.05) is 13.2 Å². The molecule has 4 unspecified atom stereocenters. The molecule has 4 atom stereocenters. The van der Waals surface area contributed by atoms with Crippen molar-refractivity contribution in [3.8, 4) is 0 Å². The van der Waals surface area contributed by atoms with Gasteiger partial charge in [0.1, 0.15) is 5.60 Å². The van der Waals surface area contributed by atoms with Crippen LogP contribution >= 0.6 is 0 Å². The monoisotopic (exact) mass is 256 g/mol. The molecular formula is C13H24N2O3. The van der Waals surface area contributed by atoms with Crippen LogP contribution < -0.4 is 11.1 Å². The largest absolute Gasteiger partial charge is 0.385 e. The molecule has 0 aromatic heterocycles. The molecule has 2 aliphatic rings. The van der Waals surface area contributed by atoms with Crippen molar-refractivity contribution >= 4 is 5.91 Å². The standard InChI is InChI=1S/C13H24N2O3/c1-9-13(17,6-7-18-9)8-15-11(16)12(2)5-3-4-10(12)14/h9-10,17H,3-8,14H2,1-2H3,(H,15,16). The molecule has 1 amide bonds. The maximum Gasteiger partial charge on any atom is 0.227 e. The lowest BCUT2D eigenvalue weighted by atomic mass is 9.84. The zero-order valence-corrected chi connectivity index (χ0v) is 11.2.